The zero-order chi connectivity index (χ0) is 15.1. The second-order valence-corrected chi connectivity index (χ2v) is 4.81. The Kier molecular flexibility index (Phi) is 5.98. The second kappa shape index (κ2) is 7.49. The fourth-order valence-electron chi connectivity index (χ4n) is 1.27. The highest BCUT2D eigenvalue weighted by molar-refractivity contribution is 8.13. The van der Waals surface area contributed by atoms with Crippen molar-refractivity contribution in [1.82, 2.24) is 5.32 Å². The molecule has 0 saturated carbocycles. The predicted molar refractivity (Wildman–Crippen MR) is 73.1 cm³/mol. The molecule has 20 heavy (non-hydrogen) atoms. The van der Waals surface area contributed by atoms with Crippen molar-refractivity contribution in [1.29, 1.82) is 0 Å². The molecule has 0 aliphatic heterocycles. The van der Waals surface area contributed by atoms with Crippen LogP contribution < -0.4 is 10.6 Å². The molecular weight excluding hydrogens is 287 g/mol. The highest BCUT2D eigenvalue weighted by atomic mass is 32.2. The number of nitrogens with one attached hydrogen (secondary N) is 2. The summed E-state index contributed by atoms with van der Waals surface area (Å²) in [4.78, 5) is 33.2. The van der Waals surface area contributed by atoms with Crippen LogP contribution in [-0.4, -0.2) is 34.0 Å². The molecule has 2 amide bonds. The summed E-state index contributed by atoms with van der Waals surface area (Å²) in [6.07, 6.45) is 0. The van der Waals surface area contributed by atoms with Crippen molar-refractivity contribution in [2.24, 2.45) is 0 Å². The molecule has 6 nitrogen and oxygen atoms in total. The van der Waals surface area contributed by atoms with Gasteiger partial charge in [-0.2, -0.15) is 0 Å². The molecule has 0 radical (unpaired) electrons. The molecule has 1 rings (SSSR count). The number of aliphatic carboxylic acids is 1. The maximum Gasteiger partial charge on any atom is 0.327 e. The van der Waals surface area contributed by atoms with Gasteiger partial charge in [0.2, 0.25) is 5.91 Å². The average molecular weight is 300 g/mol. The lowest BCUT2D eigenvalue weighted by atomic mass is 10.3. The molecule has 3 N–H and O–H groups in total. The summed E-state index contributed by atoms with van der Waals surface area (Å²) in [5, 5.41) is 13.0. The molecule has 1 atom stereocenters. The second-order valence-electron chi connectivity index (χ2n) is 3.82. The van der Waals surface area contributed by atoms with Crippen molar-refractivity contribution < 1.29 is 23.9 Å². The van der Waals surface area contributed by atoms with E-state index in [1.807, 2.05) is 0 Å². The topological polar surface area (TPSA) is 95.5 Å². The Morgan fingerprint density at radius 3 is 2.40 bits per heavy atom. The van der Waals surface area contributed by atoms with Gasteiger partial charge in [0.1, 0.15) is 11.9 Å². The molecule has 1 aromatic carbocycles. The zero-order valence-corrected chi connectivity index (χ0v) is 11.4. The van der Waals surface area contributed by atoms with Crippen LogP contribution in [0.2, 0.25) is 0 Å². The van der Waals surface area contributed by atoms with Crippen molar-refractivity contribution in [3.63, 3.8) is 0 Å². The van der Waals surface area contributed by atoms with E-state index in [1.165, 1.54) is 31.2 Å². The molecule has 0 spiro atoms. The van der Waals surface area contributed by atoms with E-state index >= 15 is 0 Å². The van der Waals surface area contributed by atoms with Crippen LogP contribution in [0.1, 0.15) is 6.92 Å². The molecule has 0 saturated heterocycles. The minimum Gasteiger partial charge on any atom is -0.480 e. The molecule has 108 valence electrons. The molecule has 8 heteroatoms. The lowest BCUT2D eigenvalue weighted by molar-refractivity contribution is -0.140. The Labute approximate surface area is 118 Å². The number of carbonyl (C=O) groups excluding carboxylic acids is 2. The summed E-state index contributed by atoms with van der Waals surface area (Å²) < 4.78 is 12.7. The Morgan fingerprint density at radius 1 is 1.30 bits per heavy atom. The van der Waals surface area contributed by atoms with Gasteiger partial charge in [0, 0.05) is 18.4 Å². The van der Waals surface area contributed by atoms with Crippen LogP contribution in [0.4, 0.5) is 14.9 Å². The van der Waals surface area contributed by atoms with Gasteiger partial charge in [-0.15, -0.1) is 0 Å². The highest BCUT2D eigenvalue weighted by Gasteiger charge is 2.20. The first-order chi connectivity index (χ1) is 9.38. The van der Waals surface area contributed by atoms with Crippen LogP contribution in [0.15, 0.2) is 24.3 Å². The summed E-state index contributed by atoms with van der Waals surface area (Å²) in [7, 11) is 0. The van der Waals surface area contributed by atoms with Gasteiger partial charge in [-0.25, -0.2) is 9.18 Å². The number of carbonyl (C=O) groups is 3. The van der Waals surface area contributed by atoms with Gasteiger partial charge in [0.05, 0.1) is 0 Å². The first-order valence-corrected chi connectivity index (χ1v) is 6.56. The highest BCUT2D eigenvalue weighted by Crippen LogP contribution is 2.13. The zero-order valence-electron chi connectivity index (χ0n) is 10.6. The first-order valence-electron chi connectivity index (χ1n) is 5.57. The van der Waals surface area contributed by atoms with Gasteiger partial charge in [0.25, 0.3) is 5.24 Å². The summed E-state index contributed by atoms with van der Waals surface area (Å²) in [6.45, 7) is 1.19. The Balaban J connectivity index is 2.47. The molecule has 0 fully saturated rings. The largest absolute Gasteiger partial charge is 0.480 e. The number of anilines is 1. The number of benzene rings is 1. The van der Waals surface area contributed by atoms with Crippen LogP contribution >= 0.6 is 11.8 Å². The SMILES string of the molecule is CC(=O)N[C@@H](CSC(=O)Nc1ccc(F)cc1)C(=O)O. The normalized spacial score (nSPS) is 11.5. The molecular formula is C12H13FN2O4S. The number of thioether (sulfide) groups is 1. The number of amides is 2. The first kappa shape index (κ1) is 16.0. The van der Waals surface area contributed by atoms with Crippen LogP contribution in [0.25, 0.3) is 0 Å². The molecule has 0 heterocycles. The van der Waals surface area contributed by atoms with Crippen molar-refractivity contribution in [3.8, 4) is 0 Å². The van der Waals surface area contributed by atoms with E-state index in [-0.39, 0.29) is 5.75 Å². The fourth-order valence-corrected chi connectivity index (χ4v) is 2.00. The smallest absolute Gasteiger partial charge is 0.327 e. The number of carboxylic acids is 1. The molecule has 0 bridgehead atoms. The number of hydrogen-bond donors (Lipinski definition) is 3. The van der Waals surface area contributed by atoms with Gasteiger partial charge < -0.3 is 15.7 Å². The maximum absolute atomic E-state index is 12.7. The molecule has 0 aromatic heterocycles. The van der Waals surface area contributed by atoms with Gasteiger partial charge in [0.15, 0.2) is 0 Å². The van der Waals surface area contributed by atoms with E-state index in [9.17, 15) is 18.8 Å². The van der Waals surface area contributed by atoms with E-state index in [4.69, 9.17) is 5.11 Å². The minimum atomic E-state index is -1.22. The summed E-state index contributed by atoms with van der Waals surface area (Å²) in [6, 6.07) is 4.01. The molecule has 0 aliphatic rings. The van der Waals surface area contributed by atoms with Crippen LogP contribution in [0, 0.1) is 5.82 Å². The van der Waals surface area contributed by atoms with Crippen LogP contribution in [0.5, 0.6) is 0 Å². The lowest BCUT2D eigenvalue weighted by Crippen LogP contribution is -2.41. The van der Waals surface area contributed by atoms with Crippen molar-refractivity contribution in [2.75, 3.05) is 11.1 Å². The Hall–Kier alpha value is -2.09. The third kappa shape index (κ3) is 5.70. The van der Waals surface area contributed by atoms with E-state index in [1.54, 1.807) is 0 Å². The van der Waals surface area contributed by atoms with Gasteiger partial charge in [-0.05, 0) is 24.3 Å². The molecule has 1 aromatic rings. The van der Waals surface area contributed by atoms with Crippen molar-refractivity contribution in [3.05, 3.63) is 30.1 Å². The van der Waals surface area contributed by atoms with E-state index in [2.05, 4.69) is 10.6 Å². The van der Waals surface area contributed by atoms with Crippen molar-refractivity contribution in [2.45, 2.75) is 13.0 Å². The average Bonchev–Trinajstić information content (AvgIpc) is 2.36. The summed E-state index contributed by atoms with van der Waals surface area (Å²) in [5.41, 5.74) is 0.398. The van der Waals surface area contributed by atoms with Gasteiger partial charge in [-0.3, -0.25) is 9.59 Å². The predicted octanol–water partition coefficient (Wildman–Crippen LogP) is 1.68. The molecule has 0 unspecified atom stereocenters. The standard InChI is InChI=1S/C12H13FN2O4S/c1-7(16)14-10(11(17)18)6-20-12(19)15-9-4-2-8(13)3-5-9/h2-5,10H,6H2,1H3,(H,14,16)(H,15,19)(H,17,18)/t10-/m0/s1. The number of halogens is 1. The summed E-state index contributed by atoms with van der Waals surface area (Å²) in [5.74, 6) is -2.24. The lowest BCUT2D eigenvalue weighted by Gasteiger charge is -2.12. The number of rotatable bonds is 5. The van der Waals surface area contributed by atoms with E-state index in [0.717, 1.165) is 0 Å². The number of hydrogen-bond acceptors (Lipinski definition) is 4. The minimum absolute atomic E-state index is 0.109. The monoisotopic (exact) mass is 300 g/mol. The van der Waals surface area contributed by atoms with Gasteiger partial charge in [-0.1, -0.05) is 11.8 Å². The van der Waals surface area contributed by atoms with E-state index < -0.39 is 29.0 Å². The third-order valence-electron chi connectivity index (χ3n) is 2.15. The van der Waals surface area contributed by atoms with E-state index in [0.29, 0.717) is 17.4 Å². The Morgan fingerprint density at radius 2 is 1.90 bits per heavy atom. The van der Waals surface area contributed by atoms with Crippen LogP contribution in [-0.2, 0) is 9.59 Å². The Bertz CT molecular complexity index is 507. The quantitative estimate of drug-likeness (QED) is 0.769. The number of carboxylic acid groups (broad SMARTS) is 1. The third-order valence-corrected chi connectivity index (χ3v) is 3.01. The van der Waals surface area contributed by atoms with Crippen molar-refractivity contribution >= 4 is 34.6 Å². The van der Waals surface area contributed by atoms with Crippen LogP contribution in [0.3, 0.4) is 0 Å². The maximum atomic E-state index is 12.7. The van der Waals surface area contributed by atoms with Gasteiger partial charge >= 0.3 is 5.97 Å². The summed E-state index contributed by atoms with van der Waals surface area (Å²) >= 11 is 0.715. The fraction of sp³-hybridized carbons (Fsp3) is 0.250. The molecule has 0 aliphatic carbocycles.